The van der Waals surface area contributed by atoms with Gasteiger partial charge in [-0.3, -0.25) is 19.4 Å². The molecule has 0 radical (unpaired) electrons. The number of aryl methyl sites for hydroxylation is 1. The Hall–Kier alpha value is -2.91. The molecule has 2 aliphatic rings. The van der Waals surface area contributed by atoms with Crippen LogP contribution < -0.4 is 11.1 Å². The van der Waals surface area contributed by atoms with Crippen LogP contribution in [0.5, 0.6) is 0 Å². The number of likely N-dealkylation sites (tertiary alicyclic amines) is 2. The summed E-state index contributed by atoms with van der Waals surface area (Å²) in [6, 6.07) is 12.5. The Balaban J connectivity index is 1.51. The number of hydrogen-bond donors (Lipinski definition) is 2. The van der Waals surface area contributed by atoms with Gasteiger partial charge in [0.25, 0.3) is 0 Å². The van der Waals surface area contributed by atoms with E-state index < -0.39 is 23.3 Å². The molecule has 2 aromatic carbocycles. The van der Waals surface area contributed by atoms with Crippen molar-refractivity contribution in [2.75, 3.05) is 26.2 Å². The van der Waals surface area contributed by atoms with E-state index in [4.69, 9.17) is 5.73 Å². The predicted molar refractivity (Wildman–Crippen MR) is 135 cm³/mol. The van der Waals surface area contributed by atoms with Gasteiger partial charge in [-0.2, -0.15) is 13.2 Å². The van der Waals surface area contributed by atoms with Gasteiger partial charge in [-0.05, 0) is 69.0 Å². The zero-order valence-electron chi connectivity index (χ0n) is 21.2. The van der Waals surface area contributed by atoms with Gasteiger partial charge in [0.1, 0.15) is 11.6 Å². The molecule has 2 fully saturated rings. The summed E-state index contributed by atoms with van der Waals surface area (Å²) in [6.07, 6.45) is -0.144. The zero-order chi connectivity index (χ0) is 26.6. The number of alkyl halides is 3. The van der Waals surface area contributed by atoms with Crippen molar-refractivity contribution in [1.82, 2.24) is 15.1 Å². The lowest BCUT2D eigenvalue weighted by Gasteiger charge is -2.49. The Morgan fingerprint density at radius 2 is 1.65 bits per heavy atom. The highest BCUT2D eigenvalue weighted by atomic mass is 19.4. The smallest absolute Gasteiger partial charge is 0.368 e. The Morgan fingerprint density at radius 3 is 2.24 bits per heavy atom. The summed E-state index contributed by atoms with van der Waals surface area (Å²) in [4.78, 5) is 30.4. The monoisotopic (exact) mass is 516 g/mol. The van der Waals surface area contributed by atoms with E-state index >= 15 is 0 Å². The van der Waals surface area contributed by atoms with Crippen LogP contribution in [0, 0.1) is 6.92 Å². The van der Waals surface area contributed by atoms with E-state index in [1.807, 2.05) is 35.2 Å². The van der Waals surface area contributed by atoms with Crippen LogP contribution in [0.3, 0.4) is 0 Å². The van der Waals surface area contributed by atoms with Gasteiger partial charge in [-0.15, -0.1) is 0 Å². The molecule has 2 saturated heterocycles. The molecule has 2 aliphatic heterocycles. The summed E-state index contributed by atoms with van der Waals surface area (Å²) in [5, 5.41) is 2.86. The molecule has 0 aromatic heterocycles. The number of nitrogens with two attached hydrogens (primary N) is 1. The summed E-state index contributed by atoms with van der Waals surface area (Å²) in [7, 11) is 0. The van der Waals surface area contributed by atoms with Crippen molar-refractivity contribution in [2.45, 2.75) is 63.3 Å². The van der Waals surface area contributed by atoms with Crippen LogP contribution in [0.1, 0.15) is 60.4 Å². The average molecular weight is 517 g/mol. The van der Waals surface area contributed by atoms with Gasteiger partial charge < -0.3 is 11.1 Å². The number of nitrogens with one attached hydrogen (secondary N) is 1. The second-order valence-electron chi connectivity index (χ2n) is 10.2. The molecule has 4 rings (SSSR count). The second-order valence-corrected chi connectivity index (χ2v) is 10.2. The number of amides is 2. The Labute approximate surface area is 216 Å². The van der Waals surface area contributed by atoms with Crippen LogP contribution in [0.2, 0.25) is 0 Å². The largest absolute Gasteiger partial charge is 0.416 e. The van der Waals surface area contributed by atoms with Crippen LogP contribution in [-0.4, -0.2) is 53.3 Å². The molecule has 0 saturated carbocycles. The van der Waals surface area contributed by atoms with E-state index in [-0.39, 0.29) is 18.4 Å². The highest BCUT2D eigenvalue weighted by molar-refractivity contribution is 5.85. The van der Waals surface area contributed by atoms with Gasteiger partial charge in [0, 0.05) is 19.6 Å². The quantitative estimate of drug-likeness (QED) is 0.579. The van der Waals surface area contributed by atoms with E-state index in [1.54, 1.807) is 13.0 Å². The lowest BCUT2D eigenvalue weighted by atomic mass is 9.82. The molecule has 0 spiro atoms. The maximum Gasteiger partial charge on any atom is 0.416 e. The Bertz CT molecular complexity index is 1090. The van der Waals surface area contributed by atoms with E-state index in [0.29, 0.717) is 37.1 Å². The lowest BCUT2D eigenvalue weighted by molar-refractivity contribution is -0.138. The number of carbonyl (C=O) groups excluding carboxylic acids is 2. The molecule has 200 valence electrons. The number of carbonyl (C=O) groups is 2. The molecule has 2 heterocycles. The van der Waals surface area contributed by atoms with Gasteiger partial charge in [0.15, 0.2) is 0 Å². The minimum Gasteiger partial charge on any atom is -0.368 e. The van der Waals surface area contributed by atoms with Crippen molar-refractivity contribution >= 4 is 11.8 Å². The van der Waals surface area contributed by atoms with Crippen molar-refractivity contribution < 1.29 is 22.8 Å². The normalized spacial score (nSPS) is 19.8. The number of halogens is 3. The molecule has 1 unspecified atom stereocenters. The minimum atomic E-state index is -4.45. The fourth-order valence-corrected chi connectivity index (χ4v) is 5.77. The molecule has 9 heteroatoms. The predicted octanol–water partition coefficient (Wildman–Crippen LogP) is 4.18. The minimum absolute atomic E-state index is 0.0141. The van der Waals surface area contributed by atoms with Crippen molar-refractivity contribution in [3.05, 3.63) is 70.8 Å². The number of nitrogens with zero attached hydrogens (tertiary/aromatic N) is 2. The van der Waals surface area contributed by atoms with Crippen molar-refractivity contribution in [3.63, 3.8) is 0 Å². The molecular weight excluding hydrogens is 481 g/mol. The van der Waals surface area contributed by atoms with Crippen LogP contribution in [-0.2, 0) is 22.3 Å². The second kappa shape index (κ2) is 11.2. The molecule has 37 heavy (non-hydrogen) atoms. The summed E-state index contributed by atoms with van der Waals surface area (Å²) < 4.78 is 39.8. The molecular formula is C28H35F3N4O2. The molecule has 1 atom stereocenters. The zero-order valence-corrected chi connectivity index (χ0v) is 21.2. The van der Waals surface area contributed by atoms with Crippen molar-refractivity contribution in [1.29, 1.82) is 0 Å². The molecule has 0 aliphatic carbocycles. The first kappa shape index (κ1) is 27.1. The summed E-state index contributed by atoms with van der Waals surface area (Å²) in [5.74, 6) is -0.597. The third-order valence-corrected chi connectivity index (χ3v) is 7.71. The van der Waals surface area contributed by atoms with Crippen LogP contribution in [0.25, 0.3) is 0 Å². The Kier molecular flexibility index (Phi) is 8.23. The fraction of sp³-hybridized carbons (Fsp3) is 0.500. The van der Waals surface area contributed by atoms with Crippen LogP contribution in [0.15, 0.2) is 48.5 Å². The lowest BCUT2D eigenvalue weighted by Crippen LogP contribution is -2.63. The standard InChI is InChI=1S/C28H35F3N4O2/c1-20-16-21(18-23(17-20)28(29,30)31)19-33-25(36)24(22-8-4-2-5-9-22)34-14-10-27(11-15-34,26(32)37)35-12-6-3-7-13-35/h2,4-5,8-9,16-18,24H,3,6-7,10-15,19H2,1H3,(H2,32,37)(H,33,36). The first-order chi connectivity index (χ1) is 17.6. The van der Waals surface area contributed by atoms with E-state index in [9.17, 15) is 22.8 Å². The maximum absolute atomic E-state index is 13.5. The van der Waals surface area contributed by atoms with E-state index in [1.165, 1.54) is 0 Å². The maximum atomic E-state index is 13.5. The van der Waals surface area contributed by atoms with Crippen LogP contribution in [0.4, 0.5) is 13.2 Å². The number of hydrogen-bond acceptors (Lipinski definition) is 4. The summed E-state index contributed by atoms with van der Waals surface area (Å²) >= 11 is 0. The topological polar surface area (TPSA) is 78.7 Å². The first-order valence-corrected chi connectivity index (χ1v) is 12.9. The van der Waals surface area contributed by atoms with Crippen molar-refractivity contribution in [2.24, 2.45) is 5.73 Å². The summed E-state index contributed by atoms with van der Waals surface area (Å²) in [5.41, 5.74) is 6.17. The SMILES string of the molecule is Cc1cc(CNC(=O)C(c2ccccc2)N2CCC(C(N)=O)(N3CCCCC3)CC2)cc(C(F)(F)F)c1. The van der Waals surface area contributed by atoms with Gasteiger partial charge in [0.05, 0.1) is 5.56 Å². The van der Waals surface area contributed by atoms with E-state index in [2.05, 4.69) is 10.2 Å². The van der Waals surface area contributed by atoms with E-state index in [0.717, 1.165) is 50.0 Å². The van der Waals surface area contributed by atoms with Gasteiger partial charge in [0.2, 0.25) is 11.8 Å². The highest BCUT2D eigenvalue weighted by Gasteiger charge is 2.46. The molecule has 6 nitrogen and oxygen atoms in total. The molecule has 3 N–H and O–H groups in total. The fourth-order valence-electron chi connectivity index (χ4n) is 5.77. The first-order valence-electron chi connectivity index (χ1n) is 12.9. The molecule has 2 aromatic rings. The Morgan fingerprint density at radius 1 is 1.00 bits per heavy atom. The van der Waals surface area contributed by atoms with Gasteiger partial charge in [-0.25, -0.2) is 0 Å². The van der Waals surface area contributed by atoms with Gasteiger partial charge >= 0.3 is 6.18 Å². The van der Waals surface area contributed by atoms with Gasteiger partial charge in [-0.1, -0.05) is 48.4 Å². The molecule has 2 amide bonds. The van der Waals surface area contributed by atoms with Crippen LogP contribution >= 0.6 is 0 Å². The third-order valence-electron chi connectivity index (χ3n) is 7.71. The summed E-state index contributed by atoms with van der Waals surface area (Å²) in [6.45, 7) is 4.31. The third kappa shape index (κ3) is 6.15. The number of primary amides is 1. The number of rotatable bonds is 7. The molecule has 0 bridgehead atoms. The average Bonchev–Trinajstić information content (AvgIpc) is 2.88. The number of benzene rings is 2. The van der Waals surface area contributed by atoms with Crippen molar-refractivity contribution in [3.8, 4) is 0 Å². The highest BCUT2D eigenvalue weighted by Crippen LogP contribution is 2.35. The number of piperidine rings is 2.